The first-order valence-corrected chi connectivity index (χ1v) is 7.89. The van der Waals surface area contributed by atoms with Gasteiger partial charge in [-0.05, 0) is 46.3 Å². The predicted molar refractivity (Wildman–Crippen MR) is 84.7 cm³/mol. The number of hydrogen-bond acceptors (Lipinski definition) is 3. The first kappa shape index (κ1) is 16.9. The minimum absolute atomic E-state index is 0.430. The van der Waals surface area contributed by atoms with Crippen molar-refractivity contribution in [3.8, 4) is 0 Å². The van der Waals surface area contributed by atoms with Gasteiger partial charge in [0.15, 0.2) is 0 Å². The maximum absolute atomic E-state index is 3.60. The van der Waals surface area contributed by atoms with E-state index in [-0.39, 0.29) is 0 Å². The fourth-order valence-electron chi connectivity index (χ4n) is 3.17. The average Bonchev–Trinajstić information content (AvgIpc) is 2.22. The first-order chi connectivity index (χ1) is 8.78. The van der Waals surface area contributed by atoms with Crippen molar-refractivity contribution in [3.05, 3.63) is 0 Å². The smallest absolute Gasteiger partial charge is 0.0330 e. The number of nitrogens with zero attached hydrogens (tertiary/aromatic N) is 2. The normalized spacial score (nSPS) is 20.4. The highest BCUT2D eigenvalue weighted by Gasteiger charge is 2.40. The van der Waals surface area contributed by atoms with Crippen LogP contribution >= 0.6 is 0 Å². The molecule has 0 spiro atoms. The summed E-state index contributed by atoms with van der Waals surface area (Å²) in [5, 5.41) is 3.60. The maximum atomic E-state index is 3.60. The Hall–Kier alpha value is -0.120. The molecule has 114 valence electrons. The summed E-state index contributed by atoms with van der Waals surface area (Å²) in [5.41, 5.74) is 0.430. The van der Waals surface area contributed by atoms with E-state index in [1.165, 1.54) is 25.8 Å². The van der Waals surface area contributed by atoms with Gasteiger partial charge in [-0.3, -0.25) is 0 Å². The van der Waals surface area contributed by atoms with Crippen LogP contribution in [0, 0.1) is 5.92 Å². The molecule has 0 amide bonds. The summed E-state index contributed by atoms with van der Waals surface area (Å²) in [6, 6.07) is 1.20. The second-order valence-corrected chi connectivity index (χ2v) is 7.26. The van der Waals surface area contributed by atoms with Gasteiger partial charge in [-0.25, -0.2) is 0 Å². The second kappa shape index (κ2) is 7.05. The lowest BCUT2D eigenvalue weighted by molar-refractivity contribution is 0.00965. The molecule has 1 rings (SSSR count). The molecule has 0 aliphatic heterocycles. The topological polar surface area (TPSA) is 18.5 Å². The molecule has 1 saturated carbocycles. The van der Waals surface area contributed by atoms with Crippen molar-refractivity contribution < 1.29 is 0 Å². The monoisotopic (exact) mass is 269 g/mol. The van der Waals surface area contributed by atoms with Gasteiger partial charge in [0.05, 0.1) is 0 Å². The van der Waals surface area contributed by atoms with E-state index in [0.29, 0.717) is 23.5 Å². The van der Waals surface area contributed by atoms with Crippen molar-refractivity contribution in [2.45, 2.75) is 64.6 Å². The van der Waals surface area contributed by atoms with Crippen LogP contribution in [0.3, 0.4) is 0 Å². The third-order valence-electron chi connectivity index (χ3n) is 4.85. The van der Waals surface area contributed by atoms with Crippen LogP contribution in [0.1, 0.15) is 47.0 Å². The fraction of sp³-hybridized carbons (Fsp3) is 1.00. The van der Waals surface area contributed by atoms with Crippen LogP contribution in [-0.2, 0) is 0 Å². The molecule has 0 bridgehead atoms. The Morgan fingerprint density at radius 1 is 1.05 bits per heavy atom. The summed E-state index contributed by atoms with van der Waals surface area (Å²) in [6.45, 7) is 11.4. The lowest BCUT2D eigenvalue weighted by Crippen LogP contribution is -2.59. The molecule has 1 fully saturated rings. The average molecular weight is 269 g/mol. The highest BCUT2D eigenvalue weighted by molar-refractivity contribution is 4.99. The quantitative estimate of drug-likeness (QED) is 0.730. The van der Waals surface area contributed by atoms with Crippen molar-refractivity contribution in [2.75, 3.05) is 34.2 Å². The first-order valence-electron chi connectivity index (χ1n) is 7.89. The van der Waals surface area contributed by atoms with Crippen molar-refractivity contribution in [3.63, 3.8) is 0 Å². The molecule has 0 aromatic carbocycles. The van der Waals surface area contributed by atoms with Gasteiger partial charge in [-0.1, -0.05) is 27.7 Å². The lowest BCUT2D eigenvalue weighted by Gasteiger charge is -2.51. The highest BCUT2D eigenvalue weighted by Crippen LogP contribution is 2.37. The SMILES string of the molecule is CC(C)NCC(C(C)C)N(C)CC1(N(C)C)CCC1. The molecule has 0 saturated heterocycles. The number of nitrogens with one attached hydrogen (secondary N) is 1. The Kier molecular flexibility index (Phi) is 6.28. The van der Waals surface area contributed by atoms with Crippen LogP contribution in [0.15, 0.2) is 0 Å². The van der Waals surface area contributed by atoms with Crippen molar-refractivity contribution in [1.29, 1.82) is 0 Å². The molecular weight excluding hydrogens is 234 g/mol. The predicted octanol–water partition coefficient (Wildman–Crippen LogP) is 2.43. The molecule has 0 radical (unpaired) electrons. The zero-order valence-corrected chi connectivity index (χ0v) is 14.2. The Balaban J connectivity index is 2.58. The maximum Gasteiger partial charge on any atom is 0.0330 e. The molecule has 0 heterocycles. The summed E-state index contributed by atoms with van der Waals surface area (Å²) in [5.74, 6) is 0.690. The van der Waals surface area contributed by atoms with E-state index in [1.807, 2.05) is 0 Å². The third-order valence-corrected chi connectivity index (χ3v) is 4.85. The number of likely N-dealkylation sites (N-methyl/N-ethyl adjacent to an activating group) is 2. The van der Waals surface area contributed by atoms with Crippen LogP contribution in [0.2, 0.25) is 0 Å². The largest absolute Gasteiger partial charge is 0.313 e. The van der Waals surface area contributed by atoms with E-state index in [2.05, 4.69) is 64.0 Å². The van der Waals surface area contributed by atoms with Gasteiger partial charge in [-0.15, -0.1) is 0 Å². The van der Waals surface area contributed by atoms with Gasteiger partial charge >= 0.3 is 0 Å². The zero-order valence-electron chi connectivity index (χ0n) is 14.2. The molecule has 0 aromatic rings. The van der Waals surface area contributed by atoms with Crippen molar-refractivity contribution >= 4 is 0 Å². The summed E-state index contributed by atoms with van der Waals surface area (Å²) in [6.07, 6.45) is 4.10. The van der Waals surface area contributed by atoms with E-state index < -0.39 is 0 Å². The Bertz CT molecular complexity index is 257. The Morgan fingerprint density at radius 3 is 1.95 bits per heavy atom. The van der Waals surface area contributed by atoms with Crippen molar-refractivity contribution in [2.24, 2.45) is 5.92 Å². The van der Waals surface area contributed by atoms with Gasteiger partial charge in [0.1, 0.15) is 0 Å². The molecular formula is C16H35N3. The van der Waals surface area contributed by atoms with Crippen LogP contribution in [0.25, 0.3) is 0 Å². The lowest BCUT2D eigenvalue weighted by atomic mass is 9.75. The summed E-state index contributed by atoms with van der Waals surface area (Å²) < 4.78 is 0. The number of hydrogen-bond donors (Lipinski definition) is 1. The van der Waals surface area contributed by atoms with Crippen molar-refractivity contribution in [1.82, 2.24) is 15.1 Å². The second-order valence-electron chi connectivity index (χ2n) is 7.26. The molecule has 1 aliphatic rings. The summed E-state index contributed by atoms with van der Waals surface area (Å²) in [4.78, 5) is 5.03. The molecule has 1 atom stereocenters. The standard InChI is InChI=1S/C16H35N3/c1-13(2)15(11-17-14(3)4)19(7)12-16(18(5)6)9-8-10-16/h13-15,17H,8-12H2,1-7H3. The summed E-state index contributed by atoms with van der Waals surface area (Å²) in [7, 11) is 6.78. The Morgan fingerprint density at radius 2 is 1.63 bits per heavy atom. The number of rotatable bonds is 8. The molecule has 1 unspecified atom stereocenters. The molecule has 3 heteroatoms. The highest BCUT2D eigenvalue weighted by atomic mass is 15.2. The molecule has 1 N–H and O–H groups in total. The van der Waals surface area contributed by atoms with E-state index in [4.69, 9.17) is 0 Å². The summed E-state index contributed by atoms with van der Waals surface area (Å²) >= 11 is 0. The van der Waals surface area contributed by atoms with Gasteiger partial charge in [0, 0.05) is 30.7 Å². The van der Waals surface area contributed by atoms with Crippen LogP contribution in [0.4, 0.5) is 0 Å². The van der Waals surface area contributed by atoms with Gasteiger partial charge in [0.25, 0.3) is 0 Å². The van der Waals surface area contributed by atoms with E-state index in [0.717, 1.165) is 6.54 Å². The third kappa shape index (κ3) is 4.44. The van der Waals surface area contributed by atoms with E-state index >= 15 is 0 Å². The minimum atomic E-state index is 0.430. The van der Waals surface area contributed by atoms with Crippen LogP contribution in [0.5, 0.6) is 0 Å². The van der Waals surface area contributed by atoms with Gasteiger partial charge in [-0.2, -0.15) is 0 Å². The van der Waals surface area contributed by atoms with Gasteiger partial charge < -0.3 is 15.1 Å². The van der Waals surface area contributed by atoms with Crippen LogP contribution in [-0.4, -0.2) is 61.7 Å². The zero-order chi connectivity index (χ0) is 14.6. The molecule has 1 aliphatic carbocycles. The fourth-order valence-corrected chi connectivity index (χ4v) is 3.17. The van der Waals surface area contributed by atoms with E-state index in [1.54, 1.807) is 0 Å². The minimum Gasteiger partial charge on any atom is -0.313 e. The molecule has 0 aromatic heterocycles. The molecule has 19 heavy (non-hydrogen) atoms. The van der Waals surface area contributed by atoms with Crippen LogP contribution < -0.4 is 5.32 Å². The van der Waals surface area contributed by atoms with Gasteiger partial charge in [0.2, 0.25) is 0 Å². The van der Waals surface area contributed by atoms with E-state index in [9.17, 15) is 0 Å². The Labute approximate surface area is 120 Å². The molecule has 3 nitrogen and oxygen atoms in total.